The minimum Gasteiger partial charge on any atom is -0.383 e. The van der Waals surface area contributed by atoms with Gasteiger partial charge in [-0.05, 0) is 47.0 Å². The van der Waals surface area contributed by atoms with Crippen LogP contribution in [0.5, 0.6) is 0 Å². The van der Waals surface area contributed by atoms with E-state index in [0.717, 1.165) is 13.2 Å². The molecule has 0 aromatic carbocycles. The molecule has 0 amide bonds. The summed E-state index contributed by atoms with van der Waals surface area (Å²) in [6.07, 6.45) is 4.78. The van der Waals surface area contributed by atoms with Crippen molar-refractivity contribution in [2.24, 2.45) is 0 Å². The van der Waals surface area contributed by atoms with Crippen LogP contribution < -0.4 is 0 Å². The summed E-state index contributed by atoms with van der Waals surface area (Å²) in [5, 5.41) is 0. The van der Waals surface area contributed by atoms with E-state index >= 15 is 0 Å². The van der Waals surface area contributed by atoms with Crippen molar-refractivity contribution in [2.75, 3.05) is 20.3 Å². The van der Waals surface area contributed by atoms with Crippen molar-refractivity contribution in [1.82, 2.24) is 4.90 Å². The molecule has 1 heterocycles. The number of hydrogen-bond acceptors (Lipinski definition) is 2. The van der Waals surface area contributed by atoms with Gasteiger partial charge in [0, 0.05) is 24.7 Å². The number of ether oxygens (including phenoxy) is 1. The van der Waals surface area contributed by atoms with Crippen molar-refractivity contribution in [3.05, 3.63) is 6.42 Å². The fourth-order valence-electron chi connectivity index (χ4n) is 2.61. The second-order valence-corrected chi connectivity index (χ2v) is 5.47. The summed E-state index contributed by atoms with van der Waals surface area (Å²) in [6.45, 7) is 11.1. The highest BCUT2D eigenvalue weighted by Gasteiger charge is 2.40. The van der Waals surface area contributed by atoms with E-state index in [2.05, 4.69) is 39.0 Å². The fraction of sp³-hybridized carbons (Fsp3) is 0.917. The highest BCUT2D eigenvalue weighted by molar-refractivity contribution is 5.02. The van der Waals surface area contributed by atoms with Crippen LogP contribution in [-0.2, 0) is 4.74 Å². The molecular weight excluding hydrogens is 174 g/mol. The first-order valence-corrected chi connectivity index (χ1v) is 5.48. The quantitative estimate of drug-likeness (QED) is 0.691. The molecule has 1 aliphatic rings. The second-order valence-electron chi connectivity index (χ2n) is 5.47. The first-order valence-electron chi connectivity index (χ1n) is 5.48. The maximum absolute atomic E-state index is 5.18. The lowest BCUT2D eigenvalue weighted by molar-refractivity contribution is -0.0239. The molecule has 0 bridgehead atoms. The molecule has 2 heteroatoms. The second kappa shape index (κ2) is 4.19. The van der Waals surface area contributed by atoms with Crippen molar-refractivity contribution >= 4 is 0 Å². The van der Waals surface area contributed by atoms with Gasteiger partial charge in [-0.15, -0.1) is 0 Å². The zero-order valence-corrected chi connectivity index (χ0v) is 10.3. The van der Waals surface area contributed by atoms with Gasteiger partial charge >= 0.3 is 0 Å². The molecular formula is C12H24NO. The molecule has 1 rings (SSSR count). The predicted molar refractivity (Wildman–Crippen MR) is 60.3 cm³/mol. The predicted octanol–water partition coefficient (Wildman–Crippen LogP) is 2.49. The number of likely N-dealkylation sites (tertiary alicyclic amines) is 1. The van der Waals surface area contributed by atoms with Crippen LogP contribution in [0, 0.1) is 6.42 Å². The Hall–Kier alpha value is -0.0800. The summed E-state index contributed by atoms with van der Waals surface area (Å²) in [4.78, 5) is 2.57. The van der Waals surface area contributed by atoms with Crippen LogP contribution in [0.2, 0.25) is 0 Å². The molecule has 0 atom stereocenters. The summed E-state index contributed by atoms with van der Waals surface area (Å²) < 4.78 is 5.18. The third-order valence-electron chi connectivity index (χ3n) is 3.27. The van der Waals surface area contributed by atoms with Crippen molar-refractivity contribution < 1.29 is 4.74 Å². The summed E-state index contributed by atoms with van der Waals surface area (Å²) in [6, 6.07) is 0. The summed E-state index contributed by atoms with van der Waals surface area (Å²) in [7, 11) is 1.77. The van der Waals surface area contributed by atoms with E-state index < -0.39 is 0 Å². The van der Waals surface area contributed by atoms with Gasteiger partial charge in [0.05, 0.1) is 6.61 Å². The highest BCUT2D eigenvalue weighted by atomic mass is 16.5. The fourth-order valence-corrected chi connectivity index (χ4v) is 2.61. The molecule has 0 aliphatic carbocycles. The molecule has 2 nitrogen and oxygen atoms in total. The van der Waals surface area contributed by atoms with Crippen LogP contribution in [0.25, 0.3) is 0 Å². The lowest BCUT2D eigenvalue weighted by Gasteiger charge is -2.52. The van der Waals surface area contributed by atoms with Crippen molar-refractivity contribution in [2.45, 2.75) is 51.6 Å². The maximum Gasteiger partial charge on any atom is 0.0590 e. The summed E-state index contributed by atoms with van der Waals surface area (Å²) in [5.74, 6) is 0. The SMILES string of the molecule is COCCN1C(C)(C)C[CH]CC1(C)C. The Morgan fingerprint density at radius 1 is 1.14 bits per heavy atom. The minimum atomic E-state index is 0.278. The lowest BCUT2D eigenvalue weighted by Crippen LogP contribution is -2.59. The van der Waals surface area contributed by atoms with Gasteiger partial charge in [0.15, 0.2) is 0 Å². The average Bonchev–Trinajstić information content (AvgIpc) is 2.01. The van der Waals surface area contributed by atoms with Crippen LogP contribution in [0.15, 0.2) is 0 Å². The molecule has 0 unspecified atom stereocenters. The Bertz CT molecular complexity index is 171. The Labute approximate surface area is 88.6 Å². The van der Waals surface area contributed by atoms with Crippen LogP contribution in [0.3, 0.4) is 0 Å². The van der Waals surface area contributed by atoms with Gasteiger partial charge in [-0.25, -0.2) is 0 Å². The van der Waals surface area contributed by atoms with Crippen LogP contribution in [0.4, 0.5) is 0 Å². The van der Waals surface area contributed by atoms with E-state index in [4.69, 9.17) is 4.74 Å². The Morgan fingerprint density at radius 2 is 1.64 bits per heavy atom. The van der Waals surface area contributed by atoms with Gasteiger partial charge < -0.3 is 4.74 Å². The molecule has 14 heavy (non-hydrogen) atoms. The first kappa shape index (κ1) is 12.0. The molecule has 1 saturated heterocycles. The Kier molecular flexibility index (Phi) is 3.59. The molecule has 1 aliphatic heterocycles. The summed E-state index contributed by atoms with van der Waals surface area (Å²) >= 11 is 0. The van der Waals surface area contributed by atoms with Crippen molar-refractivity contribution in [3.63, 3.8) is 0 Å². The van der Waals surface area contributed by atoms with Gasteiger partial charge in [-0.2, -0.15) is 0 Å². The lowest BCUT2D eigenvalue weighted by atomic mass is 9.80. The normalized spacial score (nSPS) is 26.4. The van der Waals surface area contributed by atoms with Crippen LogP contribution in [-0.4, -0.2) is 36.2 Å². The zero-order valence-electron chi connectivity index (χ0n) is 10.3. The molecule has 0 aromatic heterocycles. The smallest absolute Gasteiger partial charge is 0.0590 e. The van der Waals surface area contributed by atoms with E-state index in [-0.39, 0.29) is 11.1 Å². The van der Waals surface area contributed by atoms with Gasteiger partial charge in [-0.3, -0.25) is 4.90 Å². The van der Waals surface area contributed by atoms with Gasteiger partial charge in [0.25, 0.3) is 0 Å². The third-order valence-corrected chi connectivity index (χ3v) is 3.27. The van der Waals surface area contributed by atoms with E-state index in [1.807, 2.05) is 0 Å². The topological polar surface area (TPSA) is 12.5 Å². The van der Waals surface area contributed by atoms with Gasteiger partial charge in [0.2, 0.25) is 0 Å². The molecule has 0 spiro atoms. The number of nitrogens with zero attached hydrogens (tertiary/aromatic N) is 1. The average molecular weight is 198 g/mol. The molecule has 1 fully saturated rings. The molecule has 0 saturated carbocycles. The third kappa shape index (κ3) is 2.48. The zero-order chi connectivity index (χ0) is 10.8. The van der Waals surface area contributed by atoms with Crippen LogP contribution >= 0.6 is 0 Å². The highest BCUT2D eigenvalue weighted by Crippen LogP contribution is 2.37. The molecule has 0 N–H and O–H groups in total. The monoisotopic (exact) mass is 198 g/mol. The number of hydrogen-bond donors (Lipinski definition) is 0. The standard InChI is InChI=1S/C12H24NO/c1-11(2)7-6-8-12(3,4)13(11)9-10-14-5/h6H,7-10H2,1-5H3. The van der Waals surface area contributed by atoms with Crippen LogP contribution in [0.1, 0.15) is 40.5 Å². The van der Waals surface area contributed by atoms with Gasteiger partial charge in [0.1, 0.15) is 0 Å². The molecule has 83 valence electrons. The number of rotatable bonds is 3. The maximum atomic E-state index is 5.18. The Morgan fingerprint density at radius 3 is 2.07 bits per heavy atom. The number of methoxy groups -OCH3 is 1. The van der Waals surface area contributed by atoms with Crippen molar-refractivity contribution in [1.29, 1.82) is 0 Å². The molecule has 0 aromatic rings. The first-order chi connectivity index (χ1) is 6.40. The van der Waals surface area contributed by atoms with E-state index in [0.29, 0.717) is 0 Å². The minimum absolute atomic E-state index is 0.278. The van der Waals surface area contributed by atoms with E-state index in [1.165, 1.54) is 12.8 Å². The summed E-state index contributed by atoms with van der Waals surface area (Å²) in [5.41, 5.74) is 0.556. The van der Waals surface area contributed by atoms with E-state index in [9.17, 15) is 0 Å². The number of piperidine rings is 1. The molecule has 1 radical (unpaired) electrons. The Balaban J connectivity index is 2.70. The van der Waals surface area contributed by atoms with Gasteiger partial charge in [-0.1, -0.05) is 0 Å². The van der Waals surface area contributed by atoms with E-state index in [1.54, 1.807) is 7.11 Å². The van der Waals surface area contributed by atoms with Crippen molar-refractivity contribution in [3.8, 4) is 0 Å². The largest absolute Gasteiger partial charge is 0.383 e.